The minimum absolute atomic E-state index is 0.0423. The van der Waals surface area contributed by atoms with Crippen LogP contribution in [0.2, 0.25) is 0 Å². The number of imidazole rings is 1. The molecule has 0 atom stereocenters. The number of hydrogen-bond donors (Lipinski definition) is 1. The van der Waals surface area contributed by atoms with Crippen LogP contribution in [0.5, 0.6) is 0 Å². The van der Waals surface area contributed by atoms with Crippen molar-refractivity contribution in [1.29, 1.82) is 0 Å². The molecule has 0 saturated heterocycles. The molecule has 1 aromatic heterocycles. The maximum Gasteiger partial charge on any atom is 0.253 e. The summed E-state index contributed by atoms with van der Waals surface area (Å²) in [6.45, 7) is 13.3. The van der Waals surface area contributed by atoms with Crippen molar-refractivity contribution in [2.75, 3.05) is 19.6 Å². The molecule has 0 spiro atoms. The second-order valence-corrected chi connectivity index (χ2v) is 10.6. The Balaban J connectivity index is 2.00. The van der Waals surface area contributed by atoms with E-state index >= 15 is 0 Å². The molecular weight excluding hydrogens is 448 g/mol. The number of Topliss-reactive ketones (excluding diaryl/α,β-unsaturated/α-hetero) is 1. The highest BCUT2D eigenvalue weighted by atomic mass is 16.2. The van der Waals surface area contributed by atoms with Crippen LogP contribution in [0.1, 0.15) is 81.0 Å². The van der Waals surface area contributed by atoms with E-state index < -0.39 is 0 Å². The second kappa shape index (κ2) is 12.8. The van der Waals surface area contributed by atoms with E-state index in [1.807, 2.05) is 47.4 Å². The zero-order chi connectivity index (χ0) is 26.2. The molecule has 0 radical (unpaired) electrons. The Morgan fingerprint density at radius 3 is 2.08 bits per heavy atom. The summed E-state index contributed by atoms with van der Waals surface area (Å²) in [5.74, 6) is 2.06. The molecule has 0 saturated carbocycles. The average molecular weight is 491 g/mol. The van der Waals surface area contributed by atoms with E-state index in [0.717, 1.165) is 67.7 Å². The minimum Gasteiger partial charge on any atom is -0.339 e. The highest BCUT2D eigenvalue weighted by molar-refractivity contribution is 5.98. The van der Waals surface area contributed by atoms with Crippen LogP contribution in [0.15, 0.2) is 42.5 Å². The highest BCUT2D eigenvalue weighted by Crippen LogP contribution is 2.27. The first-order chi connectivity index (χ1) is 17.2. The molecule has 0 fully saturated rings. The van der Waals surface area contributed by atoms with Gasteiger partial charge in [0.25, 0.3) is 5.91 Å². The number of benzene rings is 2. The van der Waals surface area contributed by atoms with Crippen molar-refractivity contribution in [1.82, 2.24) is 14.5 Å². The van der Waals surface area contributed by atoms with Gasteiger partial charge in [-0.05, 0) is 69.2 Å². The summed E-state index contributed by atoms with van der Waals surface area (Å²) in [5, 5.41) is 0. The van der Waals surface area contributed by atoms with Crippen molar-refractivity contribution in [3.63, 3.8) is 0 Å². The van der Waals surface area contributed by atoms with Crippen molar-refractivity contribution in [3.8, 4) is 11.4 Å². The minimum atomic E-state index is 0.0423. The predicted molar refractivity (Wildman–Crippen MR) is 148 cm³/mol. The van der Waals surface area contributed by atoms with Gasteiger partial charge in [0.05, 0.1) is 11.0 Å². The van der Waals surface area contributed by atoms with Crippen LogP contribution in [0.4, 0.5) is 0 Å². The summed E-state index contributed by atoms with van der Waals surface area (Å²) < 4.78 is 2.19. The first-order valence-corrected chi connectivity index (χ1v) is 13.3. The summed E-state index contributed by atoms with van der Waals surface area (Å²) in [6, 6.07) is 13.4. The number of unbranched alkanes of at least 4 members (excludes halogenated alkanes) is 1. The lowest BCUT2D eigenvalue weighted by molar-refractivity contribution is 0.0740. The van der Waals surface area contributed by atoms with E-state index in [-0.39, 0.29) is 11.7 Å². The molecule has 0 bridgehead atoms. The van der Waals surface area contributed by atoms with Gasteiger partial charge in [-0.15, -0.1) is 0 Å². The zero-order valence-electron chi connectivity index (χ0n) is 22.6. The average Bonchev–Trinajstić information content (AvgIpc) is 3.21. The Kier molecular flexibility index (Phi) is 9.82. The van der Waals surface area contributed by atoms with Crippen LogP contribution in [0, 0.1) is 11.8 Å². The summed E-state index contributed by atoms with van der Waals surface area (Å²) in [7, 11) is 0. The lowest BCUT2D eigenvalue weighted by Gasteiger charge is -2.24. The standard InChI is InChI=1S/C30H42N4O2/c1-21(2)14-18-33(19-15-22(3)4)30(36)26-12-13-27-28(20-26)34(17-7-6-16-31)29(32-27)25-10-8-24(9-11-25)23(5)35/h8-13,20-22H,6-7,14-19,31H2,1-5H3. The number of carbonyl (C=O) groups excluding carboxylic acids is 2. The van der Waals surface area contributed by atoms with Crippen LogP contribution in [0.25, 0.3) is 22.4 Å². The van der Waals surface area contributed by atoms with E-state index in [9.17, 15) is 9.59 Å². The van der Waals surface area contributed by atoms with Crippen LogP contribution in [-0.4, -0.2) is 45.8 Å². The van der Waals surface area contributed by atoms with Gasteiger partial charge in [0.1, 0.15) is 5.82 Å². The number of carbonyl (C=O) groups is 2. The zero-order valence-corrected chi connectivity index (χ0v) is 22.6. The van der Waals surface area contributed by atoms with Gasteiger partial charge in [-0.3, -0.25) is 9.59 Å². The lowest BCUT2D eigenvalue weighted by atomic mass is 10.1. The van der Waals surface area contributed by atoms with Gasteiger partial charge in [0.2, 0.25) is 0 Å². The number of hydrogen-bond acceptors (Lipinski definition) is 4. The smallest absolute Gasteiger partial charge is 0.253 e. The molecule has 2 N–H and O–H groups in total. The van der Waals surface area contributed by atoms with Gasteiger partial charge < -0.3 is 15.2 Å². The number of amides is 1. The van der Waals surface area contributed by atoms with Gasteiger partial charge in [0, 0.05) is 36.3 Å². The van der Waals surface area contributed by atoms with Gasteiger partial charge in [-0.1, -0.05) is 52.0 Å². The van der Waals surface area contributed by atoms with Crippen molar-refractivity contribution < 1.29 is 9.59 Å². The fourth-order valence-electron chi connectivity index (χ4n) is 4.30. The number of aromatic nitrogens is 2. The quantitative estimate of drug-likeness (QED) is 0.229. The molecule has 3 rings (SSSR count). The fraction of sp³-hybridized carbons (Fsp3) is 0.500. The van der Waals surface area contributed by atoms with E-state index in [1.54, 1.807) is 6.92 Å². The van der Waals surface area contributed by atoms with E-state index in [2.05, 4.69) is 32.3 Å². The van der Waals surface area contributed by atoms with E-state index in [1.165, 1.54) is 0 Å². The molecule has 6 nitrogen and oxygen atoms in total. The molecule has 0 aliphatic heterocycles. The molecule has 3 aromatic rings. The molecule has 0 aliphatic rings. The van der Waals surface area contributed by atoms with Crippen LogP contribution < -0.4 is 5.73 Å². The maximum absolute atomic E-state index is 13.6. The summed E-state index contributed by atoms with van der Waals surface area (Å²) in [4.78, 5) is 32.3. The maximum atomic E-state index is 13.6. The van der Waals surface area contributed by atoms with Crippen molar-refractivity contribution in [3.05, 3.63) is 53.6 Å². The third kappa shape index (κ3) is 7.03. The molecular formula is C30H42N4O2. The molecule has 0 unspecified atom stereocenters. The Morgan fingerprint density at radius 1 is 0.917 bits per heavy atom. The highest BCUT2D eigenvalue weighted by Gasteiger charge is 2.20. The largest absolute Gasteiger partial charge is 0.339 e. The summed E-state index contributed by atoms with van der Waals surface area (Å²) >= 11 is 0. The number of ketones is 1. The van der Waals surface area contributed by atoms with Gasteiger partial charge in [-0.25, -0.2) is 4.98 Å². The van der Waals surface area contributed by atoms with E-state index in [0.29, 0.717) is 29.5 Å². The molecule has 194 valence electrons. The van der Waals surface area contributed by atoms with Crippen LogP contribution in [0.3, 0.4) is 0 Å². The Bertz CT molecular complexity index is 1150. The first kappa shape index (κ1) is 27.6. The molecule has 1 amide bonds. The Morgan fingerprint density at radius 2 is 1.53 bits per heavy atom. The van der Waals surface area contributed by atoms with Gasteiger partial charge in [-0.2, -0.15) is 0 Å². The number of nitrogens with zero attached hydrogens (tertiary/aromatic N) is 3. The van der Waals surface area contributed by atoms with Crippen LogP contribution in [-0.2, 0) is 6.54 Å². The third-order valence-corrected chi connectivity index (χ3v) is 6.62. The van der Waals surface area contributed by atoms with E-state index in [4.69, 9.17) is 10.7 Å². The Hall–Kier alpha value is -2.99. The van der Waals surface area contributed by atoms with Crippen molar-refractivity contribution in [2.24, 2.45) is 17.6 Å². The SMILES string of the molecule is CC(=O)c1ccc(-c2nc3ccc(C(=O)N(CCC(C)C)CCC(C)C)cc3n2CCCCN)cc1. The predicted octanol–water partition coefficient (Wildman–Crippen LogP) is 6.18. The Labute approximate surface area is 215 Å². The van der Waals surface area contributed by atoms with Gasteiger partial charge in [0.15, 0.2) is 5.78 Å². The van der Waals surface area contributed by atoms with Crippen molar-refractivity contribution in [2.45, 2.75) is 66.8 Å². The molecule has 36 heavy (non-hydrogen) atoms. The molecule has 2 aromatic carbocycles. The summed E-state index contributed by atoms with van der Waals surface area (Å²) in [5.41, 5.74) is 9.92. The molecule has 6 heteroatoms. The fourth-order valence-corrected chi connectivity index (χ4v) is 4.30. The van der Waals surface area contributed by atoms with Crippen molar-refractivity contribution >= 4 is 22.7 Å². The number of fused-ring (bicyclic) bond motifs is 1. The monoisotopic (exact) mass is 490 g/mol. The molecule has 0 aliphatic carbocycles. The van der Waals surface area contributed by atoms with Gasteiger partial charge >= 0.3 is 0 Å². The first-order valence-electron chi connectivity index (χ1n) is 13.3. The lowest BCUT2D eigenvalue weighted by Crippen LogP contribution is -2.34. The number of aryl methyl sites for hydroxylation is 1. The topological polar surface area (TPSA) is 81.2 Å². The number of rotatable bonds is 13. The normalized spacial score (nSPS) is 11.6. The molecule has 1 heterocycles. The summed E-state index contributed by atoms with van der Waals surface area (Å²) in [6.07, 6.45) is 3.82. The third-order valence-electron chi connectivity index (χ3n) is 6.62. The number of nitrogens with two attached hydrogens (primary N) is 1. The second-order valence-electron chi connectivity index (χ2n) is 10.6. The van der Waals surface area contributed by atoms with Crippen LogP contribution >= 0.6 is 0 Å².